The van der Waals surface area contributed by atoms with Crippen LogP contribution in [0.1, 0.15) is 28.1 Å². The molecule has 0 aliphatic rings. The monoisotopic (exact) mass is 442 g/mol. The van der Waals surface area contributed by atoms with E-state index in [1.54, 1.807) is 41.7 Å². The van der Waals surface area contributed by atoms with Gasteiger partial charge < -0.3 is 10.6 Å². The Bertz CT molecular complexity index is 925. The second-order valence-electron chi connectivity index (χ2n) is 6.01. The molecule has 0 saturated heterocycles. The third kappa shape index (κ3) is 6.05. The first-order valence-corrected chi connectivity index (χ1v) is 10.2. The van der Waals surface area contributed by atoms with Crippen LogP contribution >= 0.6 is 27.3 Å². The van der Waals surface area contributed by atoms with E-state index in [2.05, 4.69) is 32.6 Å². The number of benzene rings is 2. The van der Waals surface area contributed by atoms with Gasteiger partial charge in [0.1, 0.15) is 0 Å². The Kier molecular flexibility index (Phi) is 6.79. The van der Waals surface area contributed by atoms with Crippen LogP contribution in [0.4, 0.5) is 11.4 Å². The number of nitrogens with one attached hydrogen (secondary N) is 2. The number of hydrogen-bond donors (Lipinski definition) is 2. The van der Waals surface area contributed by atoms with Crippen molar-refractivity contribution in [3.8, 4) is 0 Å². The van der Waals surface area contributed by atoms with E-state index in [1.807, 2.05) is 30.3 Å². The van der Waals surface area contributed by atoms with E-state index < -0.39 is 0 Å². The number of hydrogen-bond acceptors (Lipinski definition) is 3. The lowest BCUT2D eigenvalue weighted by molar-refractivity contribution is -0.116. The first-order valence-electron chi connectivity index (χ1n) is 8.61. The zero-order valence-electron chi connectivity index (χ0n) is 14.6. The van der Waals surface area contributed by atoms with Gasteiger partial charge in [0, 0.05) is 28.2 Å². The fourth-order valence-corrected chi connectivity index (χ4v) is 4.13. The van der Waals surface area contributed by atoms with Gasteiger partial charge in [-0.15, -0.1) is 11.3 Å². The maximum Gasteiger partial charge on any atom is 0.255 e. The number of carbonyl (C=O) groups is 2. The highest BCUT2D eigenvalue weighted by molar-refractivity contribution is 9.11. The lowest BCUT2D eigenvalue weighted by Crippen LogP contribution is -2.13. The lowest BCUT2D eigenvalue weighted by atomic mass is 10.2. The summed E-state index contributed by atoms with van der Waals surface area (Å²) in [4.78, 5) is 25.6. The van der Waals surface area contributed by atoms with E-state index in [0.717, 1.165) is 16.6 Å². The second kappa shape index (κ2) is 9.48. The summed E-state index contributed by atoms with van der Waals surface area (Å²) in [6, 6.07) is 20.3. The summed E-state index contributed by atoms with van der Waals surface area (Å²) in [5, 5.41) is 5.74. The van der Waals surface area contributed by atoms with Gasteiger partial charge in [-0.05, 0) is 71.2 Å². The molecule has 0 radical (unpaired) electrons. The molecule has 0 unspecified atom stereocenters. The Morgan fingerprint density at radius 1 is 0.889 bits per heavy atom. The molecular weight excluding hydrogens is 424 g/mol. The van der Waals surface area contributed by atoms with Crippen molar-refractivity contribution >= 4 is 50.5 Å². The highest BCUT2D eigenvalue weighted by atomic mass is 79.9. The van der Waals surface area contributed by atoms with Crippen molar-refractivity contribution in [1.82, 2.24) is 0 Å². The Balaban J connectivity index is 1.50. The topological polar surface area (TPSA) is 58.2 Å². The lowest BCUT2D eigenvalue weighted by Gasteiger charge is -2.09. The average Bonchev–Trinajstić information content (AvgIpc) is 3.08. The number of amides is 2. The number of carbonyl (C=O) groups excluding carboxylic acids is 2. The summed E-state index contributed by atoms with van der Waals surface area (Å²) in [5.74, 6) is -0.210. The van der Waals surface area contributed by atoms with Gasteiger partial charge in [0.25, 0.3) is 5.91 Å². The summed E-state index contributed by atoms with van der Waals surface area (Å²) in [5.41, 5.74) is 1.90. The zero-order valence-corrected chi connectivity index (χ0v) is 17.0. The normalized spacial score (nSPS) is 10.4. The smallest absolute Gasteiger partial charge is 0.255 e. The molecule has 27 heavy (non-hydrogen) atoms. The Hall–Kier alpha value is -2.44. The summed E-state index contributed by atoms with van der Waals surface area (Å²) in [7, 11) is 0. The molecule has 0 aliphatic carbocycles. The molecule has 2 N–H and O–H groups in total. The largest absolute Gasteiger partial charge is 0.326 e. The van der Waals surface area contributed by atoms with E-state index in [-0.39, 0.29) is 11.8 Å². The van der Waals surface area contributed by atoms with E-state index in [9.17, 15) is 9.59 Å². The molecule has 0 saturated carbocycles. The van der Waals surface area contributed by atoms with Crippen LogP contribution in [-0.4, -0.2) is 11.8 Å². The molecule has 6 heteroatoms. The van der Waals surface area contributed by atoms with Crippen LogP contribution in [0, 0.1) is 0 Å². The van der Waals surface area contributed by atoms with Crippen LogP contribution in [0.5, 0.6) is 0 Å². The first-order chi connectivity index (χ1) is 13.1. The Morgan fingerprint density at radius 2 is 1.63 bits per heavy atom. The predicted molar refractivity (Wildman–Crippen MR) is 114 cm³/mol. The third-order valence-electron chi connectivity index (χ3n) is 3.90. The van der Waals surface area contributed by atoms with Crippen molar-refractivity contribution in [3.05, 3.63) is 81.0 Å². The van der Waals surface area contributed by atoms with Crippen molar-refractivity contribution < 1.29 is 9.59 Å². The first kappa shape index (κ1) is 19.3. The third-order valence-corrected chi connectivity index (χ3v) is 5.58. The van der Waals surface area contributed by atoms with Crippen LogP contribution in [0.2, 0.25) is 0 Å². The Labute approximate surface area is 170 Å². The van der Waals surface area contributed by atoms with Crippen molar-refractivity contribution in [1.29, 1.82) is 0 Å². The molecule has 0 aliphatic heterocycles. The fourth-order valence-electron chi connectivity index (χ4n) is 2.60. The minimum absolute atomic E-state index is 0.0304. The number of rotatable bonds is 7. The average molecular weight is 443 g/mol. The van der Waals surface area contributed by atoms with Crippen molar-refractivity contribution in [2.75, 3.05) is 10.6 Å². The summed E-state index contributed by atoms with van der Waals surface area (Å²) >= 11 is 5.14. The van der Waals surface area contributed by atoms with E-state index in [4.69, 9.17) is 0 Å². The molecule has 3 rings (SSSR count). The molecule has 2 amide bonds. The van der Waals surface area contributed by atoms with Crippen LogP contribution in [0.3, 0.4) is 0 Å². The fraction of sp³-hybridized carbons (Fsp3) is 0.143. The molecule has 1 aromatic heterocycles. The number of aryl methyl sites for hydroxylation is 1. The summed E-state index contributed by atoms with van der Waals surface area (Å²) in [6.45, 7) is 0. The molecule has 0 fully saturated rings. The molecule has 0 spiro atoms. The van der Waals surface area contributed by atoms with Gasteiger partial charge in [-0.1, -0.05) is 24.3 Å². The second-order valence-corrected chi connectivity index (χ2v) is 8.56. The van der Waals surface area contributed by atoms with Crippen LogP contribution in [-0.2, 0) is 11.2 Å². The van der Waals surface area contributed by atoms with Gasteiger partial charge >= 0.3 is 0 Å². The SMILES string of the molecule is O=C(CCCc1ccc(Br)s1)Nc1cccc(NC(=O)c2ccccc2)c1. The highest BCUT2D eigenvalue weighted by Crippen LogP contribution is 2.23. The van der Waals surface area contributed by atoms with E-state index >= 15 is 0 Å². The van der Waals surface area contributed by atoms with Gasteiger partial charge in [0.2, 0.25) is 5.91 Å². The van der Waals surface area contributed by atoms with Gasteiger partial charge in [-0.3, -0.25) is 9.59 Å². The standard InChI is InChI=1S/C21H19BrN2O2S/c22-19-13-12-18(27-19)10-5-11-20(25)23-16-8-4-9-17(14-16)24-21(26)15-6-2-1-3-7-15/h1-4,6-9,12-14H,5,10-11H2,(H,23,25)(H,24,26). The molecule has 4 nitrogen and oxygen atoms in total. The van der Waals surface area contributed by atoms with E-state index in [0.29, 0.717) is 23.4 Å². The minimum Gasteiger partial charge on any atom is -0.326 e. The Morgan fingerprint density at radius 3 is 2.33 bits per heavy atom. The van der Waals surface area contributed by atoms with Crippen molar-refractivity contribution in [2.24, 2.45) is 0 Å². The molecule has 0 atom stereocenters. The number of anilines is 2. The molecule has 0 bridgehead atoms. The van der Waals surface area contributed by atoms with E-state index in [1.165, 1.54) is 4.88 Å². The van der Waals surface area contributed by atoms with Crippen molar-refractivity contribution in [2.45, 2.75) is 19.3 Å². The minimum atomic E-state index is -0.179. The van der Waals surface area contributed by atoms with Crippen LogP contribution in [0.25, 0.3) is 0 Å². The molecule has 138 valence electrons. The molecular formula is C21H19BrN2O2S. The van der Waals surface area contributed by atoms with Gasteiger partial charge in [-0.2, -0.15) is 0 Å². The quantitative estimate of drug-likeness (QED) is 0.491. The van der Waals surface area contributed by atoms with Gasteiger partial charge in [0.05, 0.1) is 3.79 Å². The predicted octanol–water partition coefficient (Wildman–Crippen LogP) is 5.72. The van der Waals surface area contributed by atoms with Gasteiger partial charge in [-0.25, -0.2) is 0 Å². The molecule has 1 heterocycles. The number of halogens is 1. The zero-order chi connectivity index (χ0) is 19.1. The maximum absolute atomic E-state index is 12.2. The summed E-state index contributed by atoms with van der Waals surface area (Å²) in [6.07, 6.45) is 2.14. The van der Waals surface area contributed by atoms with Crippen LogP contribution < -0.4 is 10.6 Å². The molecule has 3 aromatic rings. The van der Waals surface area contributed by atoms with Gasteiger partial charge in [0.15, 0.2) is 0 Å². The summed E-state index contributed by atoms with van der Waals surface area (Å²) < 4.78 is 1.11. The maximum atomic E-state index is 12.2. The highest BCUT2D eigenvalue weighted by Gasteiger charge is 2.07. The molecule has 2 aromatic carbocycles. The van der Waals surface area contributed by atoms with Crippen LogP contribution in [0.15, 0.2) is 70.5 Å². The van der Waals surface area contributed by atoms with Crippen molar-refractivity contribution in [3.63, 3.8) is 0 Å². The number of thiophene rings is 1.